The SMILES string of the molecule is COCCNS(=O)(=O)c1ccc(CNC(=O)CCc2ccccc2)cc1. The van der Waals surface area contributed by atoms with Crippen LogP contribution in [0.15, 0.2) is 59.5 Å². The summed E-state index contributed by atoms with van der Waals surface area (Å²) in [6.45, 7) is 0.898. The van der Waals surface area contributed by atoms with Gasteiger partial charge in [-0.2, -0.15) is 0 Å². The Bertz CT molecular complexity index is 790. The number of nitrogens with one attached hydrogen (secondary N) is 2. The molecule has 7 heteroatoms. The first-order valence-corrected chi connectivity index (χ1v) is 9.88. The van der Waals surface area contributed by atoms with E-state index in [0.717, 1.165) is 11.1 Å². The van der Waals surface area contributed by atoms with E-state index in [0.29, 0.717) is 26.0 Å². The highest BCUT2D eigenvalue weighted by Crippen LogP contribution is 2.10. The number of sulfonamides is 1. The molecule has 0 fully saturated rings. The number of carbonyl (C=O) groups is 1. The molecule has 140 valence electrons. The van der Waals surface area contributed by atoms with Gasteiger partial charge in [0.2, 0.25) is 15.9 Å². The minimum atomic E-state index is -3.54. The van der Waals surface area contributed by atoms with Gasteiger partial charge in [0, 0.05) is 26.6 Å². The lowest BCUT2D eigenvalue weighted by molar-refractivity contribution is -0.121. The zero-order chi connectivity index (χ0) is 18.8. The van der Waals surface area contributed by atoms with E-state index >= 15 is 0 Å². The quantitative estimate of drug-likeness (QED) is 0.620. The molecule has 0 bridgehead atoms. The molecule has 0 spiro atoms. The van der Waals surface area contributed by atoms with Crippen LogP contribution >= 0.6 is 0 Å². The Labute approximate surface area is 154 Å². The zero-order valence-electron chi connectivity index (χ0n) is 14.8. The summed E-state index contributed by atoms with van der Waals surface area (Å²) in [5, 5.41) is 2.85. The number of hydrogen-bond acceptors (Lipinski definition) is 4. The molecule has 0 aromatic heterocycles. The molecule has 0 aliphatic heterocycles. The van der Waals surface area contributed by atoms with Crippen molar-refractivity contribution in [1.82, 2.24) is 10.0 Å². The van der Waals surface area contributed by atoms with Crippen LogP contribution in [0.4, 0.5) is 0 Å². The molecular weight excluding hydrogens is 352 g/mol. The highest BCUT2D eigenvalue weighted by atomic mass is 32.2. The topological polar surface area (TPSA) is 84.5 Å². The van der Waals surface area contributed by atoms with Gasteiger partial charge >= 0.3 is 0 Å². The average Bonchev–Trinajstić information content (AvgIpc) is 2.66. The molecule has 2 rings (SSSR count). The molecule has 26 heavy (non-hydrogen) atoms. The van der Waals surface area contributed by atoms with Crippen molar-refractivity contribution < 1.29 is 17.9 Å². The third-order valence-corrected chi connectivity index (χ3v) is 5.28. The lowest BCUT2D eigenvalue weighted by Gasteiger charge is -2.08. The predicted molar refractivity (Wildman–Crippen MR) is 100 cm³/mol. The molecule has 2 aromatic rings. The monoisotopic (exact) mass is 376 g/mol. The summed E-state index contributed by atoms with van der Waals surface area (Å²) in [5.74, 6) is -0.0354. The van der Waals surface area contributed by atoms with E-state index in [9.17, 15) is 13.2 Å². The van der Waals surface area contributed by atoms with Crippen LogP contribution in [0.5, 0.6) is 0 Å². The van der Waals surface area contributed by atoms with Crippen LogP contribution in [0.25, 0.3) is 0 Å². The van der Waals surface area contributed by atoms with Crippen LogP contribution in [0.2, 0.25) is 0 Å². The summed E-state index contributed by atoms with van der Waals surface area (Å²) in [4.78, 5) is 12.1. The van der Waals surface area contributed by atoms with Crippen LogP contribution in [-0.4, -0.2) is 34.6 Å². The first-order chi connectivity index (χ1) is 12.5. The third kappa shape index (κ3) is 6.59. The first-order valence-electron chi connectivity index (χ1n) is 8.39. The van der Waals surface area contributed by atoms with Gasteiger partial charge in [0.15, 0.2) is 0 Å². The number of ether oxygens (including phenoxy) is 1. The molecule has 2 aromatic carbocycles. The maximum Gasteiger partial charge on any atom is 0.240 e. The van der Waals surface area contributed by atoms with E-state index in [1.165, 1.54) is 19.2 Å². The summed E-state index contributed by atoms with van der Waals surface area (Å²) in [6.07, 6.45) is 1.11. The van der Waals surface area contributed by atoms with Crippen molar-refractivity contribution >= 4 is 15.9 Å². The number of benzene rings is 2. The normalized spacial score (nSPS) is 11.3. The molecule has 0 heterocycles. The summed E-state index contributed by atoms with van der Waals surface area (Å²) in [6, 6.07) is 16.3. The number of amides is 1. The minimum Gasteiger partial charge on any atom is -0.383 e. The highest BCUT2D eigenvalue weighted by Gasteiger charge is 2.13. The van der Waals surface area contributed by atoms with E-state index in [1.54, 1.807) is 12.1 Å². The lowest BCUT2D eigenvalue weighted by atomic mass is 10.1. The molecule has 6 nitrogen and oxygen atoms in total. The second-order valence-electron chi connectivity index (χ2n) is 5.80. The van der Waals surface area contributed by atoms with E-state index in [-0.39, 0.29) is 17.3 Å². The molecule has 0 saturated carbocycles. The van der Waals surface area contributed by atoms with Crippen molar-refractivity contribution in [3.63, 3.8) is 0 Å². The van der Waals surface area contributed by atoms with Gasteiger partial charge in [-0.3, -0.25) is 4.79 Å². The van der Waals surface area contributed by atoms with Gasteiger partial charge in [-0.1, -0.05) is 42.5 Å². The summed E-state index contributed by atoms with van der Waals surface area (Å²) >= 11 is 0. The van der Waals surface area contributed by atoms with Gasteiger partial charge in [-0.15, -0.1) is 0 Å². The van der Waals surface area contributed by atoms with Gasteiger partial charge in [-0.05, 0) is 29.7 Å². The molecule has 1 amide bonds. The molecule has 2 N–H and O–H groups in total. The maximum absolute atomic E-state index is 12.1. The van der Waals surface area contributed by atoms with Crippen molar-refractivity contribution in [3.8, 4) is 0 Å². The van der Waals surface area contributed by atoms with E-state index in [1.807, 2.05) is 30.3 Å². The fourth-order valence-corrected chi connectivity index (χ4v) is 3.35. The van der Waals surface area contributed by atoms with Crippen LogP contribution < -0.4 is 10.0 Å². The van der Waals surface area contributed by atoms with Crippen molar-refractivity contribution in [3.05, 3.63) is 65.7 Å². The Hall–Kier alpha value is -2.22. The molecule has 0 unspecified atom stereocenters. The van der Waals surface area contributed by atoms with Crippen LogP contribution in [0.3, 0.4) is 0 Å². The van der Waals surface area contributed by atoms with Crippen LogP contribution in [0, 0.1) is 0 Å². The lowest BCUT2D eigenvalue weighted by Crippen LogP contribution is -2.27. The molecule has 0 aliphatic carbocycles. The Morgan fingerprint density at radius 1 is 1.00 bits per heavy atom. The molecule has 0 aliphatic rings. The first kappa shape index (κ1) is 20.1. The summed E-state index contributed by atoms with van der Waals surface area (Å²) in [7, 11) is -2.03. The fraction of sp³-hybridized carbons (Fsp3) is 0.316. The number of methoxy groups -OCH3 is 1. The Kier molecular flexibility index (Phi) is 7.77. The molecule has 0 saturated heterocycles. The van der Waals surface area contributed by atoms with Gasteiger partial charge in [0.25, 0.3) is 0 Å². The number of hydrogen-bond donors (Lipinski definition) is 2. The molecule has 0 atom stereocenters. The average molecular weight is 376 g/mol. The Morgan fingerprint density at radius 2 is 1.69 bits per heavy atom. The summed E-state index contributed by atoms with van der Waals surface area (Å²) < 4.78 is 31.4. The van der Waals surface area contributed by atoms with Gasteiger partial charge < -0.3 is 10.1 Å². The van der Waals surface area contributed by atoms with Crippen LogP contribution in [0.1, 0.15) is 17.5 Å². The van der Waals surface area contributed by atoms with Crippen molar-refractivity contribution in [1.29, 1.82) is 0 Å². The van der Waals surface area contributed by atoms with Crippen molar-refractivity contribution in [2.24, 2.45) is 0 Å². The van der Waals surface area contributed by atoms with Gasteiger partial charge in [0.05, 0.1) is 11.5 Å². The number of carbonyl (C=O) groups excluding carboxylic acids is 1. The van der Waals surface area contributed by atoms with E-state index in [4.69, 9.17) is 4.74 Å². The third-order valence-electron chi connectivity index (χ3n) is 3.81. The summed E-state index contributed by atoms with van der Waals surface area (Å²) in [5.41, 5.74) is 1.96. The molecular formula is C19H24N2O4S. The second kappa shape index (κ2) is 10.1. The number of aryl methyl sites for hydroxylation is 1. The van der Waals surface area contributed by atoms with E-state index < -0.39 is 10.0 Å². The standard InChI is InChI=1S/C19H24N2O4S/c1-25-14-13-21-26(23,24)18-10-7-17(8-11-18)15-20-19(22)12-9-16-5-3-2-4-6-16/h2-8,10-11,21H,9,12-15H2,1H3,(H,20,22). The van der Waals surface area contributed by atoms with Gasteiger partial charge in [-0.25, -0.2) is 13.1 Å². The Balaban J connectivity index is 1.80. The van der Waals surface area contributed by atoms with E-state index in [2.05, 4.69) is 10.0 Å². The largest absolute Gasteiger partial charge is 0.383 e. The van der Waals surface area contributed by atoms with Crippen molar-refractivity contribution in [2.45, 2.75) is 24.3 Å². The predicted octanol–water partition coefficient (Wildman–Crippen LogP) is 1.86. The zero-order valence-corrected chi connectivity index (χ0v) is 15.6. The Morgan fingerprint density at radius 3 is 2.35 bits per heavy atom. The highest BCUT2D eigenvalue weighted by molar-refractivity contribution is 7.89. The van der Waals surface area contributed by atoms with Gasteiger partial charge in [0.1, 0.15) is 0 Å². The second-order valence-corrected chi connectivity index (χ2v) is 7.56. The maximum atomic E-state index is 12.1. The fourth-order valence-electron chi connectivity index (χ4n) is 2.34. The van der Waals surface area contributed by atoms with Crippen LogP contribution in [-0.2, 0) is 32.5 Å². The van der Waals surface area contributed by atoms with Crippen molar-refractivity contribution in [2.75, 3.05) is 20.3 Å². The molecule has 0 radical (unpaired) electrons. The smallest absolute Gasteiger partial charge is 0.240 e. The minimum absolute atomic E-state index is 0.0354. The number of rotatable bonds is 10.